The van der Waals surface area contributed by atoms with Gasteiger partial charge in [0.15, 0.2) is 5.82 Å². The summed E-state index contributed by atoms with van der Waals surface area (Å²) in [5, 5.41) is 6.81. The summed E-state index contributed by atoms with van der Waals surface area (Å²) in [6.07, 6.45) is 1.80. The minimum atomic E-state index is -3.76. The van der Waals surface area contributed by atoms with Gasteiger partial charge in [-0.2, -0.15) is 5.10 Å². The standard InChI is InChI=1S/C25H27N3O2S/c1-16-17(2)19(4)25(20(5)18(16)3)31(29,30)27-24-13-14-28(26-24)15-22-11-8-10-21-9-6-7-12-23(21)22/h6-14H,15H2,1-5H3,(H,26,27). The first-order chi connectivity index (χ1) is 14.7. The van der Waals surface area contributed by atoms with Gasteiger partial charge in [0, 0.05) is 12.3 Å². The lowest BCUT2D eigenvalue weighted by Crippen LogP contribution is -2.18. The lowest BCUT2D eigenvalue weighted by atomic mass is 9.95. The summed E-state index contributed by atoms with van der Waals surface area (Å²) in [5.74, 6) is 0.315. The van der Waals surface area contributed by atoms with E-state index in [2.05, 4.69) is 34.1 Å². The number of nitrogens with zero attached hydrogens (tertiary/aromatic N) is 2. The highest BCUT2D eigenvalue weighted by atomic mass is 32.2. The predicted octanol–water partition coefficient (Wildman–Crippen LogP) is 5.43. The fourth-order valence-electron chi connectivity index (χ4n) is 4.17. The summed E-state index contributed by atoms with van der Waals surface area (Å²) < 4.78 is 30.9. The fourth-order valence-corrected chi connectivity index (χ4v) is 5.77. The summed E-state index contributed by atoms with van der Waals surface area (Å²) in [7, 11) is -3.76. The van der Waals surface area contributed by atoms with Crippen LogP contribution >= 0.6 is 0 Å². The quantitative estimate of drug-likeness (QED) is 0.457. The highest BCUT2D eigenvalue weighted by molar-refractivity contribution is 7.92. The molecule has 0 unspecified atom stereocenters. The van der Waals surface area contributed by atoms with Crippen molar-refractivity contribution in [3.05, 3.63) is 88.1 Å². The van der Waals surface area contributed by atoms with Gasteiger partial charge in [0.25, 0.3) is 10.0 Å². The summed E-state index contributed by atoms with van der Waals surface area (Å²) in [4.78, 5) is 0.344. The van der Waals surface area contributed by atoms with Gasteiger partial charge in [-0.05, 0) is 78.8 Å². The van der Waals surface area contributed by atoms with Gasteiger partial charge in [0.2, 0.25) is 0 Å². The van der Waals surface area contributed by atoms with E-state index in [1.54, 1.807) is 16.9 Å². The Morgan fingerprint density at radius 3 is 2.13 bits per heavy atom. The van der Waals surface area contributed by atoms with Crippen LogP contribution in [0.1, 0.15) is 33.4 Å². The molecule has 4 rings (SSSR count). The van der Waals surface area contributed by atoms with Crippen molar-refractivity contribution in [2.75, 3.05) is 4.72 Å². The van der Waals surface area contributed by atoms with Crippen LogP contribution in [0.25, 0.3) is 10.8 Å². The van der Waals surface area contributed by atoms with Crippen LogP contribution in [0.3, 0.4) is 0 Å². The summed E-state index contributed by atoms with van der Waals surface area (Å²) in [6, 6.07) is 16.1. The summed E-state index contributed by atoms with van der Waals surface area (Å²) in [5.41, 5.74) is 5.84. The van der Waals surface area contributed by atoms with Gasteiger partial charge in [0.05, 0.1) is 11.4 Å². The molecule has 160 valence electrons. The summed E-state index contributed by atoms with van der Waals surface area (Å²) in [6.45, 7) is 10.3. The van der Waals surface area contributed by atoms with E-state index < -0.39 is 10.0 Å². The highest BCUT2D eigenvalue weighted by Crippen LogP contribution is 2.30. The Balaban J connectivity index is 1.64. The smallest absolute Gasteiger partial charge is 0.263 e. The van der Waals surface area contributed by atoms with Gasteiger partial charge in [-0.25, -0.2) is 8.42 Å². The van der Waals surface area contributed by atoms with E-state index in [-0.39, 0.29) is 0 Å². The molecule has 0 aliphatic rings. The van der Waals surface area contributed by atoms with Gasteiger partial charge in [-0.15, -0.1) is 0 Å². The molecule has 0 bridgehead atoms. The molecule has 6 heteroatoms. The molecule has 1 aromatic heterocycles. The average molecular weight is 434 g/mol. The third kappa shape index (κ3) is 3.83. The third-order valence-electron chi connectivity index (χ3n) is 6.29. The van der Waals surface area contributed by atoms with Crippen molar-refractivity contribution < 1.29 is 8.42 Å². The van der Waals surface area contributed by atoms with Crippen molar-refractivity contribution in [1.29, 1.82) is 0 Å². The Bertz CT molecular complexity index is 1370. The minimum Gasteiger partial charge on any atom is -0.266 e. The fraction of sp³-hybridized carbons (Fsp3) is 0.240. The maximum Gasteiger partial charge on any atom is 0.263 e. The Morgan fingerprint density at radius 1 is 0.806 bits per heavy atom. The molecule has 0 radical (unpaired) electrons. The van der Waals surface area contributed by atoms with Gasteiger partial charge < -0.3 is 0 Å². The number of anilines is 1. The molecule has 0 saturated carbocycles. The van der Waals surface area contributed by atoms with E-state index in [0.29, 0.717) is 17.3 Å². The zero-order valence-electron chi connectivity index (χ0n) is 18.5. The largest absolute Gasteiger partial charge is 0.266 e. The van der Waals surface area contributed by atoms with E-state index >= 15 is 0 Å². The molecule has 3 aromatic carbocycles. The van der Waals surface area contributed by atoms with Crippen LogP contribution in [-0.2, 0) is 16.6 Å². The Labute approximate surface area is 183 Å². The second-order valence-corrected chi connectivity index (χ2v) is 9.72. The number of nitrogens with one attached hydrogen (secondary N) is 1. The van der Waals surface area contributed by atoms with E-state index in [4.69, 9.17) is 0 Å². The molecule has 1 heterocycles. The molecule has 0 atom stereocenters. The number of fused-ring (bicyclic) bond motifs is 1. The van der Waals surface area contributed by atoms with E-state index in [1.165, 1.54) is 10.8 Å². The number of benzene rings is 3. The topological polar surface area (TPSA) is 64.0 Å². The first-order valence-electron chi connectivity index (χ1n) is 10.3. The number of rotatable bonds is 5. The van der Waals surface area contributed by atoms with Crippen LogP contribution < -0.4 is 4.72 Å². The zero-order chi connectivity index (χ0) is 22.3. The Morgan fingerprint density at radius 2 is 1.42 bits per heavy atom. The van der Waals surface area contributed by atoms with Gasteiger partial charge in [-0.3, -0.25) is 9.40 Å². The molecule has 0 spiro atoms. The van der Waals surface area contributed by atoms with Crippen LogP contribution in [0, 0.1) is 34.6 Å². The molecule has 0 saturated heterocycles. The Kier molecular flexibility index (Phi) is 5.35. The van der Waals surface area contributed by atoms with Crippen LogP contribution in [0.2, 0.25) is 0 Å². The molecule has 5 nitrogen and oxygen atoms in total. The molecule has 0 aliphatic heterocycles. The second-order valence-electron chi connectivity index (χ2n) is 8.10. The molecule has 4 aromatic rings. The zero-order valence-corrected chi connectivity index (χ0v) is 19.3. The maximum absolute atomic E-state index is 13.2. The van der Waals surface area contributed by atoms with E-state index in [0.717, 1.165) is 33.4 Å². The molecule has 0 amide bonds. The molecular formula is C25H27N3O2S. The molecule has 31 heavy (non-hydrogen) atoms. The van der Waals surface area contributed by atoms with Crippen molar-refractivity contribution in [1.82, 2.24) is 9.78 Å². The van der Waals surface area contributed by atoms with Crippen molar-refractivity contribution in [2.24, 2.45) is 0 Å². The van der Waals surface area contributed by atoms with Crippen LogP contribution in [0.5, 0.6) is 0 Å². The number of hydrogen-bond acceptors (Lipinski definition) is 3. The monoisotopic (exact) mass is 433 g/mol. The Hall–Kier alpha value is -3.12. The van der Waals surface area contributed by atoms with E-state index in [1.807, 2.05) is 52.8 Å². The van der Waals surface area contributed by atoms with Crippen LogP contribution in [0.4, 0.5) is 5.82 Å². The molecular weight excluding hydrogens is 406 g/mol. The number of hydrogen-bond donors (Lipinski definition) is 1. The summed E-state index contributed by atoms with van der Waals surface area (Å²) >= 11 is 0. The first-order valence-corrected chi connectivity index (χ1v) is 11.8. The van der Waals surface area contributed by atoms with Crippen LogP contribution in [-0.4, -0.2) is 18.2 Å². The normalized spacial score (nSPS) is 11.8. The van der Waals surface area contributed by atoms with Crippen molar-refractivity contribution in [2.45, 2.75) is 46.1 Å². The first kappa shape index (κ1) is 21.1. The SMILES string of the molecule is Cc1c(C)c(C)c(S(=O)(=O)Nc2ccn(Cc3cccc4ccccc34)n2)c(C)c1C. The lowest BCUT2D eigenvalue weighted by molar-refractivity contribution is 0.599. The van der Waals surface area contributed by atoms with Crippen molar-refractivity contribution in [3.63, 3.8) is 0 Å². The highest BCUT2D eigenvalue weighted by Gasteiger charge is 2.24. The number of aromatic nitrogens is 2. The van der Waals surface area contributed by atoms with Crippen molar-refractivity contribution >= 4 is 26.6 Å². The van der Waals surface area contributed by atoms with Gasteiger partial charge in [0.1, 0.15) is 0 Å². The lowest BCUT2D eigenvalue weighted by Gasteiger charge is -2.18. The predicted molar refractivity (Wildman–Crippen MR) is 126 cm³/mol. The number of sulfonamides is 1. The minimum absolute atomic E-state index is 0.315. The van der Waals surface area contributed by atoms with E-state index in [9.17, 15) is 8.42 Å². The average Bonchev–Trinajstić information content (AvgIpc) is 3.17. The third-order valence-corrected chi connectivity index (χ3v) is 7.92. The van der Waals surface area contributed by atoms with Crippen LogP contribution in [0.15, 0.2) is 59.6 Å². The molecule has 0 fully saturated rings. The van der Waals surface area contributed by atoms with Gasteiger partial charge >= 0.3 is 0 Å². The molecule has 1 N–H and O–H groups in total. The molecule has 0 aliphatic carbocycles. The maximum atomic E-state index is 13.2. The van der Waals surface area contributed by atoms with Crippen molar-refractivity contribution in [3.8, 4) is 0 Å². The van der Waals surface area contributed by atoms with Gasteiger partial charge in [-0.1, -0.05) is 42.5 Å². The second kappa shape index (κ2) is 7.85.